The van der Waals surface area contributed by atoms with E-state index < -0.39 is 0 Å². The van der Waals surface area contributed by atoms with Crippen LogP contribution in [0.25, 0.3) is 0 Å². The smallest absolute Gasteiger partial charge is 0.267 e. The van der Waals surface area contributed by atoms with Crippen LogP contribution in [0.1, 0.15) is 20.9 Å². The Balaban J connectivity index is 2.10. The van der Waals surface area contributed by atoms with Gasteiger partial charge in [0.15, 0.2) is 0 Å². The second-order valence-corrected chi connectivity index (χ2v) is 4.97. The van der Waals surface area contributed by atoms with Crippen LogP contribution in [0.2, 0.25) is 0 Å². The number of carbonyl (C=O) groups is 1. The lowest BCUT2D eigenvalue weighted by Crippen LogP contribution is -2.11. The lowest BCUT2D eigenvalue weighted by Gasteiger charge is -2.04. The van der Waals surface area contributed by atoms with Gasteiger partial charge in [0.2, 0.25) is 0 Å². The number of hydrogen-bond acceptors (Lipinski definition) is 3. The number of halogens is 1. The van der Waals surface area contributed by atoms with Crippen molar-refractivity contribution in [3.63, 3.8) is 0 Å². The van der Waals surface area contributed by atoms with Gasteiger partial charge in [-0.05, 0) is 24.6 Å². The first-order valence-corrected chi connectivity index (χ1v) is 7.07. The Labute approximate surface area is 112 Å². The number of alkyl halides is 1. The van der Waals surface area contributed by atoms with Crippen LogP contribution in [-0.4, -0.2) is 10.9 Å². The van der Waals surface area contributed by atoms with Crippen molar-refractivity contribution in [1.82, 2.24) is 4.98 Å². The minimum atomic E-state index is -0.100. The number of nitrogens with zero attached hydrogens (tertiary/aromatic N) is 1. The first-order chi connectivity index (χ1) is 8.20. The number of amides is 1. The van der Waals surface area contributed by atoms with E-state index in [4.69, 9.17) is 0 Å². The van der Waals surface area contributed by atoms with Gasteiger partial charge in [0.1, 0.15) is 4.88 Å². The van der Waals surface area contributed by atoms with E-state index in [0.29, 0.717) is 4.88 Å². The minimum Gasteiger partial charge on any atom is -0.321 e. The molecule has 0 saturated heterocycles. The predicted molar refractivity (Wildman–Crippen MR) is 73.9 cm³/mol. The van der Waals surface area contributed by atoms with Crippen LogP contribution >= 0.6 is 27.3 Å². The maximum Gasteiger partial charge on any atom is 0.267 e. The van der Waals surface area contributed by atoms with Gasteiger partial charge in [-0.2, -0.15) is 0 Å². The number of hydrogen-bond donors (Lipinski definition) is 1. The van der Waals surface area contributed by atoms with Crippen molar-refractivity contribution in [3.05, 3.63) is 45.9 Å². The lowest BCUT2D eigenvalue weighted by atomic mass is 10.2. The number of aromatic nitrogens is 1. The molecule has 5 heteroatoms. The molecule has 1 amide bonds. The Kier molecular flexibility index (Phi) is 3.91. The number of thiazole rings is 1. The molecule has 0 bridgehead atoms. The summed E-state index contributed by atoms with van der Waals surface area (Å²) in [5.74, 6) is -0.100. The summed E-state index contributed by atoms with van der Waals surface area (Å²) in [5.41, 5.74) is 4.42. The topological polar surface area (TPSA) is 42.0 Å². The van der Waals surface area contributed by atoms with E-state index in [-0.39, 0.29) is 5.91 Å². The monoisotopic (exact) mass is 310 g/mol. The average molecular weight is 311 g/mol. The van der Waals surface area contributed by atoms with Crippen molar-refractivity contribution >= 4 is 38.9 Å². The van der Waals surface area contributed by atoms with Crippen LogP contribution in [0, 0.1) is 6.92 Å². The van der Waals surface area contributed by atoms with E-state index in [1.165, 1.54) is 16.9 Å². The highest BCUT2D eigenvalue weighted by Gasteiger charge is 2.11. The third kappa shape index (κ3) is 2.92. The summed E-state index contributed by atoms with van der Waals surface area (Å²) >= 11 is 4.73. The van der Waals surface area contributed by atoms with Crippen molar-refractivity contribution < 1.29 is 4.79 Å². The number of nitrogens with one attached hydrogen (secondary N) is 1. The molecule has 3 nitrogen and oxygen atoms in total. The number of rotatable bonds is 3. The maximum absolute atomic E-state index is 11.9. The molecular formula is C12H11BrN2OS. The molecule has 17 heavy (non-hydrogen) atoms. The summed E-state index contributed by atoms with van der Waals surface area (Å²) in [7, 11) is 0. The van der Waals surface area contributed by atoms with Gasteiger partial charge < -0.3 is 5.32 Å². The summed E-state index contributed by atoms with van der Waals surface area (Å²) in [6.45, 7) is 1.83. The van der Waals surface area contributed by atoms with Crippen LogP contribution < -0.4 is 5.32 Å². The Hall–Kier alpha value is -1.20. The summed E-state index contributed by atoms with van der Waals surface area (Å²) < 4.78 is 0. The summed E-state index contributed by atoms with van der Waals surface area (Å²) in [5, 5.41) is 3.67. The van der Waals surface area contributed by atoms with Gasteiger partial charge >= 0.3 is 0 Å². The molecule has 0 saturated carbocycles. The molecule has 0 radical (unpaired) electrons. The fraction of sp³-hybridized carbons (Fsp3) is 0.167. The molecule has 1 aromatic carbocycles. The number of anilines is 1. The standard InChI is InChI=1S/C12H11BrN2OS/c1-8-11(17-7-14-8)12(16)15-10-4-2-9(6-13)3-5-10/h2-5,7H,6H2,1H3,(H,15,16). The molecule has 0 fully saturated rings. The molecular weight excluding hydrogens is 300 g/mol. The van der Waals surface area contributed by atoms with Crippen LogP contribution in [0.3, 0.4) is 0 Å². The van der Waals surface area contributed by atoms with Crippen LogP contribution in [0.5, 0.6) is 0 Å². The van der Waals surface area contributed by atoms with Crippen LogP contribution in [0.4, 0.5) is 5.69 Å². The largest absolute Gasteiger partial charge is 0.321 e. The highest BCUT2D eigenvalue weighted by atomic mass is 79.9. The molecule has 2 rings (SSSR count). The molecule has 0 aliphatic rings. The van der Waals surface area contributed by atoms with Crippen molar-refractivity contribution in [2.75, 3.05) is 5.32 Å². The average Bonchev–Trinajstić information content (AvgIpc) is 2.76. The fourth-order valence-corrected chi connectivity index (χ4v) is 2.46. The minimum absolute atomic E-state index is 0.100. The third-order valence-electron chi connectivity index (χ3n) is 2.32. The summed E-state index contributed by atoms with van der Waals surface area (Å²) in [4.78, 5) is 16.6. The molecule has 88 valence electrons. The van der Waals surface area contributed by atoms with E-state index in [0.717, 1.165) is 16.7 Å². The quantitative estimate of drug-likeness (QED) is 0.880. The lowest BCUT2D eigenvalue weighted by molar-refractivity contribution is 0.103. The SMILES string of the molecule is Cc1ncsc1C(=O)Nc1ccc(CBr)cc1. The third-order valence-corrected chi connectivity index (χ3v) is 3.89. The number of aryl methyl sites for hydroxylation is 1. The Morgan fingerprint density at radius 1 is 1.41 bits per heavy atom. The van der Waals surface area contributed by atoms with E-state index in [9.17, 15) is 4.79 Å². The van der Waals surface area contributed by atoms with Gasteiger partial charge in [-0.25, -0.2) is 4.98 Å². The van der Waals surface area contributed by atoms with E-state index in [1.54, 1.807) is 5.51 Å². The first kappa shape index (κ1) is 12.3. The molecule has 1 aromatic heterocycles. The van der Waals surface area contributed by atoms with E-state index >= 15 is 0 Å². The normalized spacial score (nSPS) is 10.2. The number of carbonyl (C=O) groups excluding carboxylic acids is 1. The van der Waals surface area contributed by atoms with Gasteiger partial charge in [-0.1, -0.05) is 28.1 Å². The molecule has 2 aromatic rings. The predicted octanol–water partition coefficient (Wildman–Crippen LogP) is 3.60. The highest BCUT2D eigenvalue weighted by molar-refractivity contribution is 9.08. The second-order valence-electron chi connectivity index (χ2n) is 3.55. The van der Waals surface area contributed by atoms with Gasteiger partial charge in [0.25, 0.3) is 5.91 Å². The summed E-state index contributed by atoms with van der Waals surface area (Å²) in [6, 6.07) is 7.74. The zero-order chi connectivity index (χ0) is 12.3. The molecule has 0 spiro atoms. The fourth-order valence-electron chi connectivity index (χ4n) is 1.38. The highest BCUT2D eigenvalue weighted by Crippen LogP contribution is 2.16. The van der Waals surface area contributed by atoms with Gasteiger partial charge in [0, 0.05) is 11.0 Å². The van der Waals surface area contributed by atoms with Crippen molar-refractivity contribution in [3.8, 4) is 0 Å². The van der Waals surface area contributed by atoms with Crippen molar-refractivity contribution in [1.29, 1.82) is 0 Å². The van der Waals surface area contributed by atoms with E-state index in [2.05, 4.69) is 26.2 Å². The zero-order valence-corrected chi connectivity index (χ0v) is 11.6. The molecule has 1 heterocycles. The molecule has 0 atom stereocenters. The van der Waals surface area contributed by atoms with Gasteiger partial charge in [0.05, 0.1) is 11.2 Å². The Morgan fingerprint density at radius 3 is 2.65 bits per heavy atom. The molecule has 1 N–H and O–H groups in total. The Bertz CT molecular complexity index is 522. The van der Waals surface area contributed by atoms with Gasteiger partial charge in [-0.15, -0.1) is 11.3 Å². The second kappa shape index (κ2) is 5.42. The molecule has 0 aliphatic heterocycles. The van der Waals surface area contributed by atoms with Gasteiger partial charge in [-0.3, -0.25) is 4.79 Å². The van der Waals surface area contributed by atoms with Crippen LogP contribution in [0.15, 0.2) is 29.8 Å². The van der Waals surface area contributed by atoms with E-state index in [1.807, 2.05) is 31.2 Å². The molecule has 0 unspecified atom stereocenters. The van der Waals surface area contributed by atoms with Crippen molar-refractivity contribution in [2.24, 2.45) is 0 Å². The first-order valence-electron chi connectivity index (χ1n) is 5.07. The van der Waals surface area contributed by atoms with Crippen molar-refractivity contribution in [2.45, 2.75) is 12.3 Å². The van der Waals surface area contributed by atoms with Crippen LogP contribution in [-0.2, 0) is 5.33 Å². The Morgan fingerprint density at radius 2 is 2.12 bits per heavy atom. The zero-order valence-electron chi connectivity index (χ0n) is 9.24. The summed E-state index contributed by atoms with van der Waals surface area (Å²) in [6.07, 6.45) is 0. The molecule has 0 aliphatic carbocycles. The number of benzene rings is 1. The maximum atomic E-state index is 11.9.